The normalized spacial score (nSPS) is 18.0. The minimum absolute atomic E-state index is 0.0179. The van der Waals surface area contributed by atoms with Crippen molar-refractivity contribution in [3.8, 4) is 0 Å². The lowest BCUT2D eigenvalue weighted by molar-refractivity contribution is -0.136. The van der Waals surface area contributed by atoms with Crippen molar-refractivity contribution in [2.45, 2.75) is 44.6 Å². The molecule has 0 aromatic heterocycles. The highest BCUT2D eigenvalue weighted by molar-refractivity contribution is 7.89. The van der Waals surface area contributed by atoms with Crippen LogP contribution >= 0.6 is 0 Å². The van der Waals surface area contributed by atoms with Crippen LogP contribution in [0.3, 0.4) is 0 Å². The lowest BCUT2D eigenvalue weighted by atomic mass is 10.0. The van der Waals surface area contributed by atoms with E-state index >= 15 is 0 Å². The second-order valence-corrected chi connectivity index (χ2v) is 9.30. The van der Waals surface area contributed by atoms with Crippen molar-refractivity contribution in [3.05, 3.63) is 29.8 Å². The third-order valence-electron chi connectivity index (χ3n) is 4.81. The molecule has 1 aliphatic heterocycles. The van der Waals surface area contributed by atoms with E-state index in [9.17, 15) is 18.0 Å². The molecule has 8 heteroatoms. The smallest absolute Gasteiger partial charge is 0.338 e. The Bertz CT molecular complexity index is 791. The SMILES string of the molecule is CC(C)N(C)S(=O)(=O)c1cccc(C(=O)OCC(=O)N2CCC[C@H](C)C2)c1. The van der Waals surface area contributed by atoms with Crippen LogP contribution in [0.1, 0.15) is 44.0 Å². The number of hydrogen-bond donors (Lipinski definition) is 0. The molecule has 7 nitrogen and oxygen atoms in total. The van der Waals surface area contributed by atoms with E-state index in [1.54, 1.807) is 18.7 Å². The van der Waals surface area contributed by atoms with Gasteiger partial charge in [-0.3, -0.25) is 4.79 Å². The number of ether oxygens (including phenoxy) is 1. The Labute approximate surface area is 161 Å². The predicted octanol–water partition coefficient (Wildman–Crippen LogP) is 2.13. The van der Waals surface area contributed by atoms with Gasteiger partial charge in [-0.05, 0) is 50.8 Å². The molecular formula is C19H28N2O5S. The standard InChI is InChI=1S/C19H28N2O5S/c1-14(2)20(4)27(24,25)17-9-5-8-16(11-17)19(23)26-13-18(22)21-10-6-7-15(3)12-21/h5,8-9,11,14-15H,6-7,10,12-13H2,1-4H3/t15-/m0/s1. The first kappa shape index (κ1) is 21.4. The summed E-state index contributed by atoms with van der Waals surface area (Å²) in [5, 5.41) is 0. The maximum Gasteiger partial charge on any atom is 0.338 e. The van der Waals surface area contributed by atoms with E-state index < -0.39 is 16.0 Å². The molecule has 1 fully saturated rings. The molecule has 2 rings (SSSR count). The van der Waals surface area contributed by atoms with E-state index in [0.29, 0.717) is 19.0 Å². The number of carbonyl (C=O) groups excluding carboxylic acids is 2. The van der Waals surface area contributed by atoms with Crippen molar-refractivity contribution < 1.29 is 22.7 Å². The first-order valence-corrected chi connectivity index (χ1v) is 10.6. The summed E-state index contributed by atoms with van der Waals surface area (Å²) in [4.78, 5) is 26.2. The summed E-state index contributed by atoms with van der Waals surface area (Å²) >= 11 is 0. The van der Waals surface area contributed by atoms with Crippen molar-refractivity contribution in [2.75, 3.05) is 26.7 Å². The molecule has 1 aromatic rings. The van der Waals surface area contributed by atoms with Crippen LogP contribution < -0.4 is 0 Å². The maximum atomic E-state index is 12.6. The molecule has 0 N–H and O–H groups in total. The second-order valence-electron chi connectivity index (χ2n) is 7.31. The van der Waals surface area contributed by atoms with Gasteiger partial charge in [0.2, 0.25) is 10.0 Å². The summed E-state index contributed by atoms with van der Waals surface area (Å²) in [6.45, 7) is 6.63. The summed E-state index contributed by atoms with van der Waals surface area (Å²) in [5.74, 6) is -0.492. The molecule has 1 atom stereocenters. The molecular weight excluding hydrogens is 368 g/mol. The van der Waals surface area contributed by atoms with Gasteiger partial charge >= 0.3 is 5.97 Å². The lowest BCUT2D eigenvalue weighted by Gasteiger charge is -2.30. The monoisotopic (exact) mass is 396 g/mol. The number of piperidine rings is 1. The fourth-order valence-electron chi connectivity index (χ4n) is 2.95. The molecule has 1 aromatic carbocycles. The predicted molar refractivity (Wildman–Crippen MR) is 102 cm³/mol. The minimum Gasteiger partial charge on any atom is -0.452 e. The van der Waals surface area contributed by atoms with E-state index in [-0.39, 0.29) is 29.0 Å². The van der Waals surface area contributed by atoms with Crippen LogP contribution in [-0.2, 0) is 19.6 Å². The number of amides is 1. The molecule has 1 amide bonds. The van der Waals surface area contributed by atoms with Gasteiger partial charge in [-0.25, -0.2) is 13.2 Å². The molecule has 27 heavy (non-hydrogen) atoms. The highest BCUT2D eigenvalue weighted by Crippen LogP contribution is 2.19. The average Bonchev–Trinajstić information content (AvgIpc) is 2.65. The first-order chi connectivity index (χ1) is 12.6. The van der Waals surface area contributed by atoms with Crippen molar-refractivity contribution in [3.63, 3.8) is 0 Å². The quantitative estimate of drug-likeness (QED) is 0.688. The van der Waals surface area contributed by atoms with Gasteiger partial charge in [0.15, 0.2) is 6.61 Å². The fraction of sp³-hybridized carbons (Fsp3) is 0.579. The fourth-order valence-corrected chi connectivity index (χ4v) is 4.36. The number of likely N-dealkylation sites (tertiary alicyclic amines) is 1. The highest BCUT2D eigenvalue weighted by atomic mass is 32.2. The molecule has 0 saturated carbocycles. The topological polar surface area (TPSA) is 84.0 Å². The van der Waals surface area contributed by atoms with Gasteiger partial charge in [0.05, 0.1) is 10.5 Å². The van der Waals surface area contributed by atoms with Gasteiger partial charge in [-0.1, -0.05) is 13.0 Å². The second kappa shape index (κ2) is 8.84. The Morgan fingerprint density at radius 3 is 2.67 bits per heavy atom. The van der Waals surface area contributed by atoms with Crippen LogP contribution in [-0.4, -0.2) is 62.3 Å². The number of sulfonamides is 1. The van der Waals surface area contributed by atoms with Crippen molar-refractivity contribution in [1.82, 2.24) is 9.21 Å². The van der Waals surface area contributed by atoms with E-state index in [1.165, 1.54) is 35.6 Å². The van der Waals surface area contributed by atoms with Gasteiger partial charge in [-0.15, -0.1) is 0 Å². The largest absolute Gasteiger partial charge is 0.452 e. The number of rotatable bonds is 6. The first-order valence-electron chi connectivity index (χ1n) is 9.16. The van der Waals surface area contributed by atoms with Crippen molar-refractivity contribution >= 4 is 21.9 Å². The Morgan fingerprint density at radius 2 is 2.04 bits per heavy atom. The van der Waals surface area contributed by atoms with Crippen molar-refractivity contribution in [1.29, 1.82) is 0 Å². The molecule has 0 radical (unpaired) electrons. The van der Waals surface area contributed by atoms with Crippen LogP contribution in [0.5, 0.6) is 0 Å². The zero-order valence-electron chi connectivity index (χ0n) is 16.3. The summed E-state index contributed by atoms with van der Waals surface area (Å²) in [6, 6.07) is 5.47. The molecule has 1 saturated heterocycles. The van der Waals surface area contributed by atoms with Gasteiger partial charge in [0.25, 0.3) is 5.91 Å². The Morgan fingerprint density at radius 1 is 1.33 bits per heavy atom. The van der Waals surface area contributed by atoms with E-state index in [4.69, 9.17) is 4.74 Å². The van der Waals surface area contributed by atoms with Crippen molar-refractivity contribution in [2.24, 2.45) is 5.92 Å². The Kier molecular flexibility index (Phi) is 7.00. The van der Waals surface area contributed by atoms with Gasteiger partial charge in [-0.2, -0.15) is 4.31 Å². The molecule has 0 unspecified atom stereocenters. The summed E-state index contributed by atoms with van der Waals surface area (Å²) < 4.78 is 31.5. The molecule has 0 spiro atoms. The molecule has 0 bridgehead atoms. The average molecular weight is 397 g/mol. The number of hydrogen-bond acceptors (Lipinski definition) is 5. The summed E-state index contributed by atoms with van der Waals surface area (Å²) in [7, 11) is -2.21. The van der Waals surface area contributed by atoms with Crippen LogP contribution in [0.2, 0.25) is 0 Å². The summed E-state index contributed by atoms with van der Waals surface area (Å²) in [6.07, 6.45) is 2.04. The van der Waals surface area contributed by atoms with Crippen LogP contribution in [0.4, 0.5) is 0 Å². The van der Waals surface area contributed by atoms with Crippen LogP contribution in [0, 0.1) is 5.92 Å². The summed E-state index contributed by atoms with van der Waals surface area (Å²) in [5.41, 5.74) is 0.105. The molecule has 1 aliphatic rings. The highest BCUT2D eigenvalue weighted by Gasteiger charge is 2.25. The third-order valence-corrected chi connectivity index (χ3v) is 6.84. The number of carbonyl (C=O) groups is 2. The van der Waals surface area contributed by atoms with Crippen LogP contribution in [0.25, 0.3) is 0 Å². The number of esters is 1. The zero-order chi connectivity index (χ0) is 20.2. The maximum absolute atomic E-state index is 12.6. The van der Waals surface area contributed by atoms with Gasteiger partial charge < -0.3 is 9.64 Å². The van der Waals surface area contributed by atoms with E-state index in [0.717, 1.165) is 12.8 Å². The van der Waals surface area contributed by atoms with E-state index in [1.807, 2.05) is 0 Å². The van der Waals surface area contributed by atoms with Crippen LogP contribution in [0.15, 0.2) is 29.2 Å². The number of nitrogens with zero attached hydrogens (tertiary/aromatic N) is 2. The molecule has 1 heterocycles. The third kappa shape index (κ3) is 5.29. The van der Waals surface area contributed by atoms with Gasteiger partial charge in [0, 0.05) is 26.2 Å². The zero-order valence-corrected chi connectivity index (χ0v) is 17.2. The molecule has 150 valence electrons. The van der Waals surface area contributed by atoms with Gasteiger partial charge in [0.1, 0.15) is 0 Å². The van der Waals surface area contributed by atoms with E-state index in [2.05, 4.69) is 6.92 Å². The Hall–Kier alpha value is -1.93. The molecule has 0 aliphatic carbocycles. The Balaban J connectivity index is 2.04. The number of benzene rings is 1. The minimum atomic E-state index is -3.70. The lowest BCUT2D eigenvalue weighted by Crippen LogP contribution is -2.41.